The van der Waals surface area contributed by atoms with Crippen molar-refractivity contribution in [2.45, 2.75) is 197 Å². The maximum atomic E-state index is 13.1. The zero-order valence-electron chi connectivity index (χ0n) is 27.6. The first-order chi connectivity index (χ1) is 18.3. The molecule has 0 aliphatic rings. The van der Waals surface area contributed by atoms with E-state index < -0.39 is 5.97 Å². The average Bonchev–Trinajstić information content (AvgIpc) is 2.91. The van der Waals surface area contributed by atoms with Gasteiger partial charge in [-0.3, -0.25) is 9.59 Å². The minimum Gasteiger partial charge on any atom is -0.481 e. The minimum atomic E-state index is -0.706. The SMILES string of the molecule is CCC(C)C(=O)O.CCCCCCC.CCCCCCCC(CCC)C(=O)C(CCC)CCCCCCC. The van der Waals surface area contributed by atoms with Crippen molar-refractivity contribution < 1.29 is 14.7 Å². The predicted molar refractivity (Wildman–Crippen MR) is 170 cm³/mol. The molecule has 3 nitrogen and oxygen atoms in total. The van der Waals surface area contributed by atoms with Gasteiger partial charge in [0.05, 0.1) is 5.92 Å². The number of Topliss-reactive ketones (excluding diaryl/α,β-unsaturated/α-hetero) is 1. The third-order valence-electron chi connectivity index (χ3n) is 7.63. The van der Waals surface area contributed by atoms with Gasteiger partial charge in [-0.2, -0.15) is 0 Å². The van der Waals surface area contributed by atoms with Gasteiger partial charge in [0, 0.05) is 11.8 Å². The molecule has 0 amide bonds. The molecule has 38 heavy (non-hydrogen) atoms. The normalized spacial score (nSPS) is 12.9. The number of carboxylic acid groups (broad SMARTS) is 1. The molecule has 0 heterocycles. The highest BCUT2D eigenvalue weighted by Crippen LogP contribution is 2.26. The van der Waals surface area contributed by atoms with E-state index in [1.807, 2.05) is 6.92 Å². The van der Waals surface area contributed by atoms with Gasteiger partial charge < -0.3 is 5.11 Å². The number of ketones is 1. The summed E-state index contributed by atoms with van der Waals surface area (Å²) in [5.41, 5.74) is 0. The molecule has 0 rings (SSSR count). The third kappa shape index (κ3) is 29.7. The topological polar surface area (TPSA) is 54.4 Å². The molecular formula is C35H72O3. The van der Waals surface area contributed by atoms with Crippen molar-refractivity contribution in [1.82, 2.24) is 0 Å². The summed E-state index contributed by atoms with van der Waals surface area (Å²) in [5.74, 6) is 0.430. The standard InChI is InChI=1S/C23H46O.C7H16.C5H10O2/c1-5-9-11-13-15-19-21(17-7-3)23(24)22(18-8-4)20-16-14-12-10-6-2;1-3-5-7-6-4-2;1-3-4(2)5(6)7/h21-22H,5-20H2,1-4H3;3-7H2,1-2H3;4H,3H2,1-2H3,(H,6,7). The molecule has 3 atom stereocenters. The van der Waals surface area contributed by atoms with E-state index in [0.717, 1.165) is 44.9 Å². The van der Waals surface area contributed by atoms with E-state index in [0.29, 0.717) is 17.6 Å². The molecule has 0 bridgehead atoms. The average molecular weight is 541 g/mol. The Morgan fingerprint density at radius 1 is 0.474 bits per heavy atom. The molecule has 1 N–H and O–H groups in total. The molecule has 0 spiro atoms. The van der Waals surface area contributed by atoms with Crippen LogP contribution in [0.15, 0.2) is 0 Å². The Kier molecular flexibility index (Phi) is 37.4. The summed E-state index contributed by atoms with van der Waals surface area (Å²) in [5, 5.41) is 8.18. The fraction of sp³-hybridized carbons (Fsp3) is 0.943. The van der Waals surface area contributed by atoms with E-state index in [1.165, 1.54) is 96.3 Å². The number of hydrogen-bond donors (Lipinski definition) is 1. The van der Waals surface area contributed by atoms with Gasteiger partial charge in [-0.05, 0) is 32.1 Å². The molecule has 0 radical (unpaired) electrons. The van der Waals surface area contributed by atoms with Crippen LogP contribution in [-0.4, -0.2) is 16.9 Å². The highest BCUT2D eigenvalue weighted by atomic mass is 16.4. The van der Waals surface area contributed by atoms with Crippen molar-refractivity contribution in [3.05, 3.63) is 0 Å². The van der Waals surface area contributed by atoms with Crippen LogP contribution in [0.25, 0.3) is 0 Å². The largest absolute Gasteiger partial charge is 0.481 e. The van der Waals surface area contributed by atoms with Gasteiger partial charge in [0.25, 0.3) is 0 Å². The molecule has 0 saturated carbocycles. The highest BCUT2D eigenvalue weighted by molar-refractivity contribution is 5.83. The second-order valence-electron chi connectivity index (χ2n) is 11.5. The van der Waals surface area contributed by atoms with E-state index in [1.54, 1.807) is 6.92 Å². The second-order valence-corrected chi connectivity index (χ2v) is 11.5. The zero-order valence-corrected chi connectivity index (χ0v) is 27.6. The highest BCUT2D eigenvalue weighted by Gasteiger charge is 2.25. The fourth-order valence-electron chi connectivity index (χ4n) is 4.73. The van der Waals surface area contributed by atoms with Crippen LogP contribution < -0.4 is 0 Å². The Balaban J connectivity index is -0.000000710. The van der Waals surface area contributed by atoms with Crippen LogP contribution in [0.5, 0.6) is 0 Å². The van der Waals surface area contributed by atoms with Gasteiger partial charge in [-0.1, -0.05) is 165 Å². The molecule has 0 fully saturated rings. The van der Waals surface area contributed by atoms with Crippen molar-refractivity contribution in [3.63, 3.8) is 0 Å². The van der Waals surface area contributed by atoms with E-state index >= 15 is 0 Å². The van der Waals surface area contributed by atoms with E-state index in [2.05, 4.69) is 41.5 Å². The van der Waals surface area contributed by atoms with E-state index in [9.17, 15) is 9.59 Å². The summed E-state index contributed by atoms with van der Waals surface area (Å²) in [6.07, 6.45) is 27.7. The van der Waals surface area contributed by atoms with Gasteiger partial charge in [0.1, 0.15) is 5.78 Å². The molecule has 0 aromatic heterocycles. The van der Waals surface area contributed by atoms with Crippen molar-refractivity contribution in [2.24, 2.45) is 17.8 Å². The molecular weight excluding hydrogens is 468 g/mol. The van der Waals surface area contributed by atoms with Crippen molar-refractivity contribution >= 4 is 11.8 Å². The molecule has 230 valence electrons. The van der Waals surface area contributed by atoms with Crippen LogP contribution in [0.2, 0.25) is 0 Å². The van der Waals surface area contributed by atoms with Crippen molar-refractivity contribution in [3.8, 4) is 0 Å². The number of aliphatic carboxylic acids is 1. The number of carbonyl (C=O) groups excluding carboxylic acids is 1. The predicted octanol–water partition coefficient (Wildman–Crippen LogP) is 12.2. The summed E-state index contributed by atoms with van der Waals surface area (Å²) in [6, 6.07) is 0. The maximum absolute atomic E-state index is 13.1. The Hall–Kier alpha value is -0.860. The summed E-state index contributed by atoms with van der Waals surface area (Å²) in [4.78, 5) is 23.0. The van der Waals surface area contributed by atoms with Crippen LogP contribution in [0.4, 0.5) is 0 Å². The minimum absolute atomic E-state index is 0.181. The molecule has 0 aromatic rings. The first kappa shape index (κ1) is 41.6. The lowest BCUT2D eigenvalue weighted by Gasteiger charge is -2.22. The zero-order chi connectivity index (χ0) is 29.4. The quantitative estimate of drug-likeness (QED) is 0.124. The summed E-state index contributed by atoms with van der Waals surface area (Å²) in [7, 11) is 0. The van der Waals surface area contributed by atoms with Crippen LogP contribution >= 0.6 is 0 Å². The molecule has 0 aliphatic heterocycles. The first-order valence-corrected chi connectivity index (χ1v) is 17.1. The van der Waals surface area contributed by atoms with Gasteiger partial charge in [0.2, 0.25) is 0 Å². The maximum Gasteiger partial charge on any atom is 0.306 e. The first-order valence-electron chi connectivity index (χ1n) is 17.1. The molecule has 3 heteroatoms. The number of carbonyl (C=O) groups is 2. The molecule has 0 aromatic carbocycles. The molecule has 3 unspecified atom stereocenters. The third-order valence-corrected chi connectivity index (χ3v) is 7.63. The van der Waals surface area contributed by atoms with Gasteiger partial charge >= 0.3 is 5.97 Å². The van der Waals surface area contributed by atoms with Crippen LogP contribution in [0.3, 0.4) is 0 Å². The van der Waals surface area contributed by atoms with Crippen LogP contribution in [0.1, 0.15) is 197 Å². The lowest BCUT2D eigenvalue weighted by atomic mass is 9.81. The molecule has 0 aliphatic carbocycles. The van der Waals surface area contributed by atoms with Gasteiger partial charge in [-0.15, -0.1) is 0 Å². The Morgan fingerprint density at radius 2 is 0.789 bits per heavy atom. The lowest BCUT2D eigenvalue weighted by molar-refractivity contribution is -0.141. The summed E-state index contributed by atoms with van der Waals surface area (Å²) in [6.45, 7) is 17.0. The summed E-state index contributed by atoms with van der Waals surface area (Å²) < 4.78 is 0. The van der Waals surface area contributed by atoms with E-state index in [-0.39, 0.29) is 5.92 Å². The van der Waals surface area contributed by atoms with Crippen molar-refractivity contribution in [2.75, 3.05) is 0 Å². The number of unbranched alkanes of at least 4 members (excludes halogenated alkanes) is 12. The smallest absolute Gasteiger partial charge is 0.306 e. The number of hydrogen-bond acceptors (Lipinski definition) is 2. The Morgan fingerprint density at radius 3 is 1.03 bits per heavy atom. The monoisotopic (exact) mass is 541 g/mol. The Bertz CT molecular complexity index is 444. The number of carboxylic acids is 1. The van der Waals surface area contributed by atoms with Crippen molar-refractivity contribution in [1.29, 1.82) is 0 Å². The Labute approximate surface area is 240 Å². The van der Waals surface area contributed by atoms with Gasteiger partial charge in [-0.25, -0.2) is 0 Å². The lowest BCUT2D eigenvalue weighted by Crippen LogP contribution is -2.24. The summed E-state index contributed by atoms with van der Waals surface area (Å²) >= 11 is 0. The van der Waals surface area contributed by atoms with Gasteiger partial charge in [0.15, 0.2) is 0 Å². The second kappa shape index (κ2) is 34.2. The van der Waals surface area contributed by atoms with E-state index in [4.69, 9.17) is 5.11 Å². The van der Waals surface area contributed by atoms with Crippen LogP contribution in [0, 0.1) is 17.8 Å². The van der Waals surface area contributed by atoms with Crippen LogP contribution in [-0.2, 0) is 9.59 Å². The fourth-order valence-corrected chi connectivity index (χ4v) is 4.73. The molecule has 0 saturated heterocycles. The number of rotatable bonds is 24.